The van der Waals surface area contributed by atoms with Crippen molar-refractivity contribution in [3.05, 3.63) is 83.9 Å². The zero-order valence-corrected chi connectivity index (χ0v) is 17.4. The Morgan fingerprint density at radius 1 is 0.821 bits per heavy atom. The van der Waals surface area contributed by atoms with Gasteiger partial charge in [-0.1, -0.05) is 78.3 Å². The van der Waals surface area contributed by atoms with E-state index in [-0.39, 0.29) is 0 Å². The lowest BCUT2D eigenvalue weighted by Crippen LogP contribution is -1.99. The molecule has 3 aromatic carbocycles. The number of thiazole rings is 1. The molecule has 0 saturated carbocycles. The predicted octanol–water partition coefficient (Wildman–Crippen LogP) is 6.20. The van der Waals surface area contributed by atoms with Gasteiger partial charge in [0.15, 0.2) is 9.84 Å². The predicted molar refractivity (Wildman–Crippen MR) is 117 cm³/mol. The van der Waals surface area contributed by atoms with Gasteiger partial charge in [-0.25, -0.2) is 13.4 Å². The molecule has 28 heavy (non-hydrogen) atoms. The summed E-state index contributed by atoms with van der Waals surface area (Å²) in [5.74, 6) is 0. The lowest BCUT2D eigenvalue weighted by molar-refractivity contribution is 0.602. The summed E-state index contributed by atoms with van der Waals surface area (Å²) in [6, 6.07) is 24.3. The first-order valence-corrected chi connectivity index (χ1v) is 11.6. The van der Waals surface area contributed by atoms with Gasteiger partial charge >= 0.3 is 0 Å². The third-order valence-electron chi connectivity index (χ3n) is 4.31. The molecule has 0 aliphatic rings. The van der Waals surface area contributed by atoms with Gasteiger partial charge in [-0.05, 0) is 12.1 Å². The summed E-state index contributed by atoms with van der Waals surface area (Å²) in [5, 5.41) is 1.36. The maximum Gasteiger partial charge on any atom is 0.176 e. The first kappa shape index (κ1) is 18.9. The lowest BCUT2D eigenvalue weighted by Gasteiger charge is -2.08. The third kappa shape index (κ3) is 3.61. The second-order valence-corrected chi connectivity index (χ2v) is 9.70. The maximum absolute atomic E-state index is 12.4. The van der Waals surface area contributed by atoms with Crippen molar-refractivity contribution >= 4 is 32.8 Å². The van der Waals surface area contributed by atoms with Crippen molar-refractivity contribution in [3.8, 4) is 32.3 Å². The second kappa shape index (κ2) is 7.51. The Balaban J connectivity index is 2.02. The van der Waals surface area contributed by atoms with Gasteiger partial charge in [0.25, 0.3) is 0 Å². The van der Waals surface area contributed by atoms with Crippen LogP contribution in [-0.2, 0) is 9.84 Å². The van der Waals surface area contributed by atoms with Crippen LogP contribution in [0.3, 0.4) is 0 Å². The summed E-state index contributed by atoms with van der Waals surface area (Å²) >= 11 is 7.83. The molecule has 0 bridgehead atoms. The van der Waals surface area contributed by atoms with Crippen LogP contribution >= 0.6 is 22.9 Å². The van der Waals surface area contributed by atoms with E-state index < -0.39 is 9.84 Å². The molecule has 3 nitrogen and oxygen atoms in total. The van der Waals surface area contributed by atoms with Crippen molar-refractivity contribution in [2.75, 3.05) is 6.26 Å². The van der Waals surface area contributed by atoms with E-state index >= 15 is 0 Å². The number of nitrogens with zero attached hydrogens (tertiary/aromatic N) is 1. The highest BCUT2D eigenvalue weighted by molar-refractivity contribution is 7.90. The normalized spacial score (nSPS) is 11.5. The average Bonchev–Trinajstić information content (AvgIpc) is 3.13. The van der Waals surface area contributed by atoms with Gasteiger partial charge in [0, 0.05) is 22.9 Å². The largest absolute Gasteiger partial charge is 0.235 e. The summed E-state index contributed by atoms with van der Waals surface area (Å²) < 4.78 is 24.7. The second-order valence-electron chi connectivity index (χ2n) is 6.31. The van der Waals surface area contributed by atoms with E-state index in [1.165, 1.54) is 17.6 Å². The van der Waals surface area contributed by atoms with E-state index in [2.05, 4.69) is 0 Å². The Morgan fingerprint density at radius 2 is 1.43 bits per heavy atom. The van der Waals surface area contributed by atoms with Crippen molar-refractivity contribution in [1.29, 1.82) is 0 Å². The molecule has 0 atom stereocenters. The molecule has 0 amide bonds. The Hall–Kier alpha value is -2.47. The number of benzene rings is 3. The average molecular weight is 426 g/mol. The van der Waals surface area contributed by atoms with Crippen molar-refractivity contribution in [1.82, 2.24) is 4.98 Å². The summed E-state index contributed by atoms with van der Waals surface area (Å²) in [6.45, 7) is 0. The maximum atomic E-state index is 12.4. The standard InChI is InChI=1S/C22H16ClNO2S2/c1-28(25,26)19-14-8-6-12-17(19)21-20(15-9-3-2-4-10-15)24-22(27-21)16-11-5-7-13-18(16)23/h2-14H,1H3. The van der Waals surface area contributed by atoms with E-state index in [0.29, 0.717) is 15.5 Å². The minimum absolute atomic E-state index is 0.293. The Kier molecular flexibility index (Phi) is 5.06. The van der Waals surface area contributed by atoms with Gasteiger partial charge in [0.1, 0.15) is 5.01 Å². The SMILES string of the molecule is CS(=O)(=O)c1ccccc1-c1sc(-c2ccccc2Cl)nc1-c1ccccc1. The van der Waals surface area contributed by atoms with Gasteiger partial charge in [-0.3, -0.25) is 0 Å². The van der Waals surface area contributed by atoms with Crippen LogP contribution in [0.5, 0.6) is 0 Å². The Morgan fingerprint density at radius 3 is 2.11 bits per heavy atom. The number of sulfone groups is 1. The van der Waals surface area contributed by atoms with Crippen molar-refractivity contribution in [3.63, 3.8) is 0 Å². The molecule has 4 aromatic rings. The summed E-state index contributed by atoms with van der Waals surface area (Å²) in [4.78, 5) is 5.95. The molecular formula is C22H16ClNO2S2. The highest BCUT2D eigenvalue weighted by Gasteiger charge is 2.22. The van der Waals surface area contributed by atoms with Crippen LogP contribution in [0.25, 0.3) is 32.3 Å². The van der Waals surface area contributed by atoms with E-state index in [1.807, 2.05) is 66.7 Å². The topological polar surface area (TPSA) is 47.0 Å². The van der Waals surface area contributed by atoms with Gasteiger partial charge in [-0.15, -0.1) is 11.3 Å². The van der Waals surface area contributed by atoms with Crippen LogP contribution in [0, 0.1) is 0 Å². The third-order valence-corrected chi connectivity index (χ3v) is 6.92. The number of hydrogen-bond acceptors (Lipinski definition) is 4. The Labute approximate surface area is 173 Å². The van der Waals surface area contributed by atoms with Crippen molar-refractivity contribution < 1.29 is 8.42 Å². The van der Waals surface area contributed by atoms with Gasteiger partial charge < -0.3 is 0 Å². The number of rotatable bonds is 4. The summed E-state index contributed by atoms with van der Waals surface area (Å²) in [5.41, 5.74) is 3.15. The van der Waals surface area contributed by atoms with E-state index in [9.17, 15) is 8.42 Å². The van der Waals surface area contributed by atoms with Crippen molar-refractivity contribution in [2.45, 2.75) is 4.90 Å². The van der Waals surface area contributed by atoms with Crippen LogP contribution < -0.4 is 0 Å². The fourth-order valence-corrected chi connectivity index (χ4v) is 5.43. The molecule has 0 saturated heterocycles. The van der Waals surface area contributed by atoms with E-state index in [4.69, 9.17) is 16.6 Å². The molecular weight excluding hydrogens is 410 g/mol. The van der Waals surface area contributed by atoms with Gasteiger partial charge in [0.05, 0.1) is 20.5 Å². The molecule has 140 valence electrons. The van der Waals surface area contributed by atoms with Crippen molar-refractivity contribution in [2.24, 2.45) is 0 Å². The molecule has 0 N–H and O–H groups in total. The first-order valence-electron chi connectivity index (χ1n) is 8.56. The number of aromatic nitrogens is 1. The van der Waals surface area contributed by atoms with Gasteiger partial charge in [-0.2, -0.15) is 0 Å². The highest BCUT2D eigenvalue weighted by atomic mass is 35.5. The minimum Gasteiger partial charge on any atom is -0.235 e. The summed E-state index contributed by atoms with van der Waals surface area (Å²) in [7, 11) is -3.39. The van der Waals surface area contributed by atoms with Gasteiger partial charge in [0.2, 0.25) is 0 Å². The fraction of sp³-hybridized carbons (Fsp3) is 0.0455. The zero-order valence-electron chi connectivity index (χ0n) is 15.0. The quantitative estimate of drug-likeness (QED) is 0.391. The molecule has 0 radical (unpaired) electrons. The summed E-state index contributed by atoms with van der Waals surface area (Å²) in [6.07, 6.45) is 1.23. The first-order chi connectivity index (χ1) is 13.4. The molecule has 0 aliphatic heterocycles. The lowest BCUT2D eigenvalue weighted by atomic mass is 10.1. The molecule has 0 unspecified atom stereocenters. The molecule has 0 fully saturated rings. The van der Waals surface area contributed by atoms with E-state index in [0.717, 1.165) is 26.7 Å². The van der Waals surface area contributed by atoms with Crippen LogP contribution in [0.2, 0.25) is 5.02 Å². The molecule has 0 aliphatic carbocycles. The molecule has 1 aromatic heterocycles. The molecule has 4 rings (SSSR count). The molecule has 6 heteroatoms. The van der Waals surface area contributed by atoms with Crippen LogP contribution in [0.4, 0.5) is 0 Å². The van der Waals surface area contributed by atoms with Crippen LogP contribution in [-0.4, -0.2) is 19.7 Å². The highest BCUT2D eigenvalue weighted by Crippen LogP contribution is 2.43. The fourth-order valence-electron chi connectivity index (χ4n) is 3.02. The molecule has 0 spiro atoms. The molecule has 1 heterocycles. The van der Waals surface area contributed by atoms with E-state index in [1.54, 1.807) is 12.1 Å². The smallest absolute Gasteiger partial charge is 0.176 e. The Bertz CT molecular complexity index is 1250. The number of hydrogen-bond donors (Lipinski definition) is 0. The zero-order chi connectivity index (χ0) is 19.7. The number of halogens is 1. The van der Waals surface area contributed by atoms with Crippen LogP contribution in [0.1, 0.15) is 0 Å². The van der Waals surface area contributed by atoms with Crippen LogP contribution in [0.15, 0.2) is 83.8 Å². The minimum atomic E-state index is -3.39. The monoisotopic (exact) mass is 425 g/mol.